The Kier molecular flexibility index (Phi) is 9.27. The number of amides is 3. The second-order valence-electron chi connectivity index (χ2n) is 11.2. The van der Waals surface area contributed by atoms with Gasteiger partial charge in [0.05, 0.1) is 29.2 Å². The third-order valence-electron chi connectivity index (χ3n) is 8.87. The molecule has 39 heavy (non-hydrogen) atoms. The monoisotopic (exact) mass is 553 g/mol. The second kappa shape index (κ2) is 12.3. The van der Waals surface area contributed by atoms with Crippen molar-refractivity contribution in [2.24, 2.45) is 17.8 Å². The SMILES string of the molecule is C=CCN(C)C(=O)[C@@H]1[C@H]2C(=O)N([C@H](CO)c3ccccc3)C(C(=O)N(CC=C)CCCCC)C23S[C@@H]1CC3C. The molecule has 0 saturated carbocycles. The van der Waals surface area contributed by atoms with Crippen LogP contribution in [0.15, 0.2) is 55.6 Å². The van der Waals surface area contributed by atoms with Crippen molar-refractivity contribution in [3.8, 4) is 0 Å². The summed E-state index contributed by atoms with van der Waals surface area (Å²) in [6, 6.07) is 7.97. The molecule has 1 aromatic rings. The maximum absolute atomic E-state index is 14.6. The third-order valence-corrected chi connectivity index (χ3v) is 10.9. The van der Waals surface area contributed by atoms with E-state index in [0.717, 1.165) is 31.2 Å². The minimum atomic E-state index is -0.776. The van der Waals surface area contributed by atoms with E-state index in [9.17, 15) is 19.5 Å². The average Bonchev–Trinajstić information content (AvgIpc) is 3.53. The number of fused-ring (bicyclic) bond motifs is 1. The highest BCUT2D eigenvalue weighted by Crippen LogP contribution is 2.69. The number of carbonyl (C=O) groups is 3. The third kappa shape index (κ3) is 4.95. The molecule has 0 aliphatic carbocycles. The van der Waals surface area contributed by atoms with Gasteiger partial charge in [-0.05, 0) is 24.3 Å². The Hall–Kier alpha value is -2.58. The summed E-state index contributed by atoms with van der Waals surface area (Å²) >= 11 is 1.67. The number of aliphatic hydroxyl groups is 1. The molecule has 2 bridgehead atoms. The summed E-state index contributed by atoms with van der Waals surface area (Å²) in [4.78, 5) is 48.0. The van der Waals surface area contributed by atoms with Crippen LogP contribution in [0.1, 0.15) is 51.1 Å². The summed E-state index contributed by atoms with van der Waals surface area (Å²) in [5.41, 5.74) is 0.780. The van der Waals surface area contributed by atoms with Crippen LogP contribution < -0.4 is 0 Å². The first-order valence-corrected chi connectivity index (χ1v) is 15.1. The molecule has 7 nitrogen and oxygen atoms in total. The molecule has 3 amide bonds. The lowest BCUT2D eigenvalue weighted by molar-refractivity contribution is -0.147. The van der Waals surface area contributed by atoms with Crippen molar-refractivity contribution < 1.29 is 19.5 Å². The number of hydrogen-bond acceptors (Lipinski definition) is 5. The Bertz CT molecular complexity index is 1080. The van der Waals surface area contributed by atoms with Crippen LogP contribution in [0.25, 0.3) is 0 Å². The number of aliphatic hydroxyl groups excluding tert-OH is 1. The fraction of sp³-hybridized carbons (Fsp3) is 0.581. The van der Waals surface area contributed by atoms with Gasteiger partial charge in [-0.3, -0.25) is 14.4 Å². The van der Waals surface area contributed by atoms with E-state index in [1.807, 2.05) is 35.2 Å². The number of carbonyl (C=O) groups excluding carboxylic acids is 3. The topological polar surface area (TPSA) is 81.2 Å². The van der Waals surface area contributed by atoms with Gasteiger partial charge in [0.15, 0.2) is 0 Å². The molecule has 3 fully saturated rings. The normalized spacial score (nSPS) is 29.7. The van der Waals surface area contributed by atoms with Gasteiger partial charge in [-0.15, -0.1) is 24.9 Å². The predicted octanol–water partition coefficient (Wildman–Crippen LogP) is 3.91. The van der Waals surface area contributed by atoms with Gasteiger partial charge in [-0.25, -0.2) is 0 Å². The van der Waals surface area contributed by atoms with Gasteiger partial charge in [0.1, 0.15) is 6.04 Å². The van der Waals surface area contributed by atoms with Crippen LogP contribution in [0.5, 0.6) is 0 Å². The molecule has 0 aromatic heterocycles. The zero-order valence-electron chi connectivity index (χ0n) is 23.5. The Morgan fingerprint density at radius 3 is 2.49 bits per heavy atom. The lowest BCUT2D eigenvalue weighted by Crippen LogP contribution is -2.58. The maximum atomic E-state index is 14.6. The molecule has 3 aliphatic heterocycles. The van der Waals surface area contributed by atoms with Crippen molar-refractivity contribution in [2.75, 3.05) is 33.3 Å². The van der Waals surface area contributed by atoms with Gasteiger partial charge in [-0.2, -0.15) is 0 Å². The molecule has 1 spiro atoms. The zero-order chi connectivity index (χ0) is 28.3. The van der Waals surface area contributed by atoms with Gasteiger partial charge in [-0.1, -0.05) is 69.2 Å². The molecule has 8 heteroatoms. The molecule has 0 radical (unpaired) electrons. The highest BCUT2D eigenvalue weighted by atomic mass is 32.2. The molecule has 4 rings (SSSR count). The van der Waals surface area contributed by atoms with Crippen LogP contribution in [0.4, 0.5) is 0 Å². The van der Waals surface area contributed by atoms with Crippen LogP contribution in [0, 0.1) is 17.8 Å². The molecule has 1 aromatic carbocycles. The van der Waals surface area contributed by atoms with Crippen molar-refractivity contribution in [1.29, 1.82) is 0 Å². The van der Waals surface area contributed by atoms with Crippen LogP contribution in [0.2, 0.25) is 0 Å². The molecule has 3 aliphatic rings. The van der Waals surface area contributed by atoms with E-state index in [4.69, 9.17) is 0 Å². The lowest BCUT2D eigenvalue weighted by atomic mass is 9.65. The Balaban J connectivity index is 1.83. The molecule has 3 saturated heterocycles. The van der Waals surface area contributed by atoms with Gasteiger partial charge >= 0.3 is 0 Å². The fourth-order valence-electron chi connectivity index (χ4n) is 7.10. The van der Waals surface area contributed by atoms with Gasteiger partial charge < -0.3 is 19.8 Å². The van der Waals surface area contributed by atoms with Gasteiger partial charge in [0.25, 0.3) is 0 Å². The van der Waals surface area contributed by atoms with E-state index < -0.39 is 28.7 Å². The van der Waals surface area contributed by atoms with Crippen LogP contribution >= 0.6 is 11.8 Å². The Labute approximate surface area is 237 Å². The standard InChI is InChI=1S/C31H43N3O4S/c1-6-9-13-18-33(17-8-3)30(38)27-31-21(4)19-24(39-31)25(28(36)32(5)16-7-2)26(31)29(37)34(27)23(20-35)22-14-11-10-12-15-22/h7-8,10-12,14-15,21,23-27,35H,2-3,6,9,13,16-20H2,1,4-5H3/t21?,23-,24-,25+,26+,27?,31?/m1/s1. The number of nitrogens with zero attached hydrogens (tertiary/aromatic N) is 3. The van der Waals surface area contributed by atoms with Crippen molar-refractivity contribution in [1.82, 2.24) is 14.7 Å². The number of benzene rings is 1. The summed E-state index contributed by atoms with van der Waals surface area (Å²) in [5.74, 6) is -1.45. The molecule has 3 unspecified atom stereocenters. The first-order valence-electron chi connectivity index (χ1n) is 14.2. The number of likely N-dealkylation sites (N-methyl/N-ethyl adjacent to an activating group) is 1. The quantitative estimate of drug-likeness (QED) is 0.296. The number of thioether (sulfide) groups is 1. The number of hydrogen-bond donors (Lipinski definition) is 1. The molecule has 3 heterocycles. The highest BCUT2D eigenvalue weighted by molar-refractivity contribution is 8.02. The van der Waals surface area contributed by atoms with Crippen molar-refractivity contribution in [2.45, 2.75) is 61.6 Å². The molecular weight excluding hydrogens is 510 g/mol. The van der Waals surface area contributed by atoms with Crippen LogP contribution in [-0.2, 0) is 14.4 Å². The van der Waals surface area contributed by atoms with E-state index >= 15 is 0 Å². The van der Waals surface area contributed by atoms with Gasteiger partial charge in [0, 0.05) is 31.9 Å². The lowest BCUT2D eigenvalue weighted by Gasteiger charge is -2.42. The fourth-order valence-corrected chi connectivity index (χ4v) is 9.49. The summed E-state index contributed by atoms with van der Waals surface area (Å²) in [7, 11) is 1.75. The first-order chi connectivity index (χ1) is 18.8. The molecule has 1 N–H and O–H groups in total. The molecule has 7 atom stereocenters. The summed E-state index contributed by atoms with van der Waals surface area (Å²) in [5, 5.41) is 10.6. The maximum Gasteiger partial charge on any atom is 0.247 e. The predicted molar refractivity (Wildman–Crippen MR) is 156 cm³/mol. The zero-order valence-corrected chi connectivity index (χ0v) is 24.3. The highest BCUT2D eigenvalue weighted by Gasteiger charge is 2.77. The Morgan fingerprint density at radius 1 is 1.18 bits per heavy atom. The van der Waals surface area contributed by atoms with Crippen LogP contribution in [0.3, 0.4) is 0 Å². The van der Waals surface area contributed by atoms with Gasteiger partial charge in [0.2, 0.25) is 17.7 Å². The minimum absolute atomic E-state index is 0.0246. The smallest absolute Gasteiger partial charge is 0.247 e. The average molecular weight is 554 g/mol. The summed E-state index contributed by atoms with van der Waals surface area (Å²) < 4.78 is -0.736. The van der Waals surface area contributed by atoms with E-state index in [0.29, 0.717) is 19.6 Å². The van der Waals surface area contributed by atoms with E-state index in [2.05, 4.69) is 27.0 Å². The number of rotatable bonds is 13. The number of unbranched alkanes of at least 4 members (excludes halogenated alkanes) is 2. The van der Waals surface area contributed by atoms with E-state index in [1.54, 1.807) is 40.8 Å². The summed E-state index contributed by atoms with van der Waals surface area (Å²) in [6.45, 7) is 13.0. The largest absolute Gasteiger partial charge is 0.394 e. The second-order valence-corrected chi connectivity index (χ2v) is 12.7. The van der Waals surface area contributed by atoms with Crippen molar-refractivity contribution in [3.63, 3.8) is 0 Å². The Morgan fingerprint density at radius 2 is 1.87 bits per heavy atom. The number of likely N-dealkylation sites (tertiary alicyclic amines) is 1. The first kappa shape index (κ1) is 29.4. The van der Waals surface area contributed by atoms with Crippen molar-refractivity contribution >= 4 is 29.5 Å². The summed E-state index contributed by atoms with van der Waals surface area (Å²) in [6.07, 6.45) is 7.11. The van der Waals surface area contributed by atoms with Crippen LogP contribution in [-0.4, -0.2) is 86.9 Å². The molecule has 212 valence electrons. The van der Waals surface area contributed by atoms with E-state index in [-0.39, 0.29) is 35.5 Å². The molecular formula is C31H43N3O4S. The van der Waals surface area contributed by atoms with E-state index in [1.165, 1.54) is 0 Å². The van der Waals surface area contributed by atoms with Crippen molar-refractivity contribution in [3.05, 3.63) is 61.2 Å². The minimum Gasteiger partial charge on any atom is -0.394 e.